The van der Waals surface area contributed by atoms with Crippen LogP contribution in [-0.2, 0) is 16.1 Å². The Morgan fingerprint density at radius 1 is 1.29 bits per heavy atom. The monoisotopic (exact) mass is 334 g/mol. The van der Waals surface area contributed by atoms with Gasteiger partial charge >= 0.3 is 0 Å². The van der Waals surface area contributed by atoms with Gasteiger partial charge in [-0.3, -0.25) is 9.59 Å². The van der Waals surface area contributed by atoms with E-state index in [1.807, 2.05) is 0 Å². The second-order valence-corrected chi connectivity index (χ2v) is 5.26. The zero-order valence-corrected chi connectivity index (χ0v) is 13.7. The number of hydrogen-bond acceptors (Lipinski definition) is 5. The first-order chi connectivity index (χ1) is 11.7. The molecule has 0 bridgehead atoms. The average molecular weight is 334 g/mol. The van der Waals surface area contributed by atoms with Crippen molar-refractivity contribution in [3.8, 4) is 0 Å². The molecule has 1 N–H and O–H groups in total. The van der Waals surface area contributed by atoms with Gasteiger partial charge in [0, 0.05) is 33.2 Å². The first-order valence-electron chi connectivity index (χ1n) is 7.80. The van der Waals surface area contributed by atoms with Crippen molar-refractivity contribution in [2.45, 2.75) is 19.4 Å². The Bertz CT molecular complexity index is 607. The Morgan fingerprint density at radius 3 is 2.83 bits per heavy atom. The molecule has 0 aliphatic rings. The van der Waals surface area contributed by atoms with E-state index in [0.717, 1.165) is 6.42 Å². The van der Waals surface area contributed by atoms with Crippen LogP contribution in [0.25, 0.3) is 0 Å². The molecule has 0 saturated carbocycles. The second-order valence-electron chi connectivity index (χ2n) is 5.26. The Hall–Kier alpha value is -2.54. The van der Waals surface area contributed by atoms with Crippen LogP contribution in [0.3, 0.4) is 0 Å². The maximum atomic E-state index is 12.5. The third-order valence-corrected chi connectivity index (χ3v) is 3.44. The van der Waals surface area contributed by atoms with E-state index in [0.29, 0.717) is 37.6 Å². The molecule has 0 aromatic carbocycles. The highest BCUT2D eigenvalue weighted by Crippen LogP contribution is 2.11. The minimum absolute atomic E-state index is 0.101. The number of nitrogens with zero attached hydrogens (tertiary/aromatic N) is 1. The summed E-state index contributed by atoms with van der Waals surface area (Å²) in [6.45, 7) is 1.75. The molecule has 0 spiro atoms. The molecular weight excluding hydrogens is 312 g/mol. The standard InChI is InChI=1S/C17H22N2O5/c1-22-9-3-7-18-16(20)5-8-19(12-15-4-2-10-24-15)17(21)14-6-11-23-13-14/h2,4,6,10-11,13H,3,5,7-9,12H2,1H3,(H,18,20). The summed E-state index contributed by atoms with van der Waals surface area (Å²) in [5.41, 5.74) is 0.446. The normalized spacial score (nSPS) is 10.5. The predicted octanol–water partition coefficient (Wildman–Crippen LogP) is 2.06. The van der Waals surface area contributed by atoms with Gasteiger partial charge in [0.2, 0.25) is 5.91 Å². The highest BCUT2D eigenvalue weighted by atomic mass is 16.5. The molecule has 0 unspecified atom stereocenters. The highest BCUT2D eigenvalue weighted by molar-refractivity contribution is 5.94. The topological polar surface area (TPSA) is 84.9 Å². The summed E-state index contributed by atoms with van der Waals surface area (Å²) in [5, 5.41) is 2.81. The fourth-order valence-electron chi connectivity index (χ4n) is 2.18. The van der Waals surface area contributed by atoms with E-state index in [9.17, 15) is 9.59 Å². The summed E-state index contributed by atoms with van der Waals surface area (Å²) in [6, 6.07) is 5.15. The number of furan rings is 2. The van der Waals surface area contributed by atoms with Crippen molar-refractivity contribution in [2.24, 2.45) is 0 Å². The fraction of sp³-hybridized carbons (Fsp3) is 0.412. The SMILES string of the molecule is COCCCNC(=O)CCN(Cc1ccco1)C(=O)c1ccoc1. The number of rotatable bonds is 10. The summed E-state index contributed by atoms with van der Waals surface area (Å²) in [7, 11) is 1.62. The molecule has 130 valence electrons. The summed E-state index contributed by atoms with van der Waals surface area (Å²) < 4.78 is 15.2. The Morgan fingerprint density at radius 2 is 2.17 bits per heavy atom. The molecule has 0 saturated heterocycles. The summed E-state index contributed by atoms with van der Waals surface area (Å²) in [5.74, 6) is 0.357. The number of carbonyl (C=O) groups is 2. The molecular formula is C17H22N2O5. The quantitative estimate of drug-likeness (QED) is 0.672. The number of nitrogens with one attached hydrogen (secondary N) is 1. The van der Waals surface area contributed by atoms with Crippen molar-refractivity contribution in [3.05, 3.63) is 48.3 Å². The predicted molar refractivity (Wildman–Crippen MR) is 86.3 cm³/mol. The first-order valence-corrected chi connectivity index (χ1v) is 7.80. The first kappa shape index (κ1) is 17.8. The molecule has 7 heteroatoms. The molecule has 0 radical (unpaired) electrons. The molecule has 2 aromatic heterocycles. The molecule has 2 amide bonds. The highest BCUT2D eigenvalue weighted by Gasteiger charge is 2.19. The van der Waals surface area contributed by atoms with Crippen molar-refractivity contribution in [1.29, 1.82) is 0 Å². The van der Waals surface area contributed by atoms with E-state index >= 15 is 0 Å². The van der Waals surface area contributed by atoms with Crippen LogP contribution in [0.1, 0.15) is 29.0 Å². The summed E-state index contributed by atoms with van der Waals surface area (Å²) in [6.07, 6.45) is 5.37. The molecule has 7 nitrogen and oxygen atoms in total. The molecule has 2 aromatic rings. The van der Waals surface area contributed by atoms with Crippen LogP contribution < -0.4 is 5.32 Å². The Labute approximate surface area is 140 Å². The molecule has 2 heterocycles. The largest absolute Gasteiger partial charge is 0.472 e. The van der Waals surface area contributed by atoms with Crippen LogP contribution in [0.4, 0.5) is 0 Å². The third-order valence-electron chi connectivity index (χ3n) is 3.44. The van der Waals surface area contributed by atoms with Crippen LogP contribution in [0.15, 0.2) is 45.8 Å². The van der Waals surface area contributed by atoms with Crippen LogP contribution in [0.5, 0.6) is 0 Å². The van der Waals surface area contributed by atoms with Crippen LogP contribution in [-0.4, -0.2) is 43.5 Å². The van der Waals surface area contributed by atoms with E-state index in [1.54, 1.807) is 36.5 Å². The van der Waals surface area contributed by atoms with Gasteiger partial charge in [0.1, 0.15) is 12.0 Å². The maximum Gasteiger partial charge on any atom is 0.257 e. The van der Waals surface area contributed by atoms with Crippen molar-refractivity contribution in [2.75, 3.05) is 26.8 Å². The second kappa shape index (κ2) is 9.57. The molecule has 24 heavy (non-hydrogen) atoms. The Balaban J connectivity index is 1.88. The lowest BCUT2D eigenvalue weighted by Crippen LogP contribution is -2.35. The number of amides is 2. The minimum atomic E-state index is -0.202. The van der Waals surface area contributed by atoms with Crippen molar-refractivity contribution < 1.29 is 23.2 Å². The van der Waals surface area contributed by atoms with Gasteiger partial charge < -0.3 is 23.8 Å². The number of methoxy groups -OCH3 is 1. The van der Waals surface area contributed by atoms with Crippen molar-refractivity contribution in [3.63, 3.8) is 0 Å². The van der Waals surface area contributed by atoms with Gasteiger partial charge in [-0.25, -0.2) is 0 Å². The average Bonchev–Trinajstić information content (AvgIpc) is 3.28. The third kappa shape index (κ3) is 5.58. The number of ether oxygens (including phenoxy) is 1. The lowest BCUT2D eigenvalue weighted by molar-refractivity contribution is -0.121. The molecule has 0 fully saturated rings. The smallest absolute Gasteiger partial charge is 0.257 e. The molecule has 0 aliphatic carbocycles. The van der Waals surface area contributed by atoms with Gasteiger partial charge in [-0.05, 0) is 24.6 Å². The minimum Gasteiger partial charge on any atom is -0.472 e. The van der Waals surface area contributed by atoms with Gasteiger partial charge in [-0.2, -0.15) is 0 Å². The van der Waals surface area contributed by atoms with Gasteiger partial charge in [-0.15, -0.1) is 0 Å². The fourth-order valence-corrected chi connectivity index (χ4v) is 2.18. The number of carbonyl (C=O) groups excluding carboxylic acids is 2. The number of hydrogen-bond donors (Lipinski definition) is 1. The van der Waals surface area contributed by atoms with Crippen molar-refractivity contribution in [1.82, 2.24) is 10.2 Å². The van der Waals surface area contributed by atoms with E-state index in [1.165, 1.54) is 12.5 Å². The lowest BCUT2D eigenvalue weighted by Gasteiger charge is -2.20. The molecule has 0 atom stereocenters. The van der Waals surface area contributed by atoms with E-state index < -0.39 is 0 Å². The van der Waals surface area contributed by atoms with Gasteiger partial charge in [0.15, 0.2) is 0 Å². The van der Waals surface area contributed by atoms with Crippen LogP contribution in [0.2, 0.25) is 0 Å². The molecule has 2 rings (SSSR count). The van der Waals surface area contributed by atoms with E-state index in [2.05, 4.69) is 5.32 Å². The van der Waals surface area contributed by atoms with E-state index in [-0.39, 0.29) is 18.2 Å². The maximum absolute atomic E-state index is 12.5. The zero-order valence-electron chi connectivity index (χ0n) is 13.7. The molecule has 0 aliphatic heterocycles. The summed E-state index contributed by atoms with van der Waals surface area (Å²) >= 11 is 0. The lowest BCUT2D eigenvalue weighted by atomic mass is 10.2. The van der Waals surface area contributed by atoms with Crippen LogP contribution in [0, 0.1) is 0 Å². The van der Waals surface area contributed by atoms with E-state index in [4.69, 9.17) is 13.6 Å². The van der Waals surface area contributed by atoms with Gasteiger partial charge in [0.25, 0.3) is 5.91 Å². The van der Waals surface area contributed by atoms with Gasteiger partial charge in [-0.1, -0.05) is 0 Å². The van der Waals surface area contributed by atoms with Crippen molar-refractivity contribution >= 4 is 11.8 Å². The summed E-state index contributed by atoms with van der Waals surface area (Å²) in [4.78, 5) is 26.0. The zero-order chi connectivity index (χ0) is 17.2. The van der Waals surface area contributed by atoms with Crippen LogP contribution >= 0.6 is 0 Å². The Kier molecular flexibility index (Phi) is 7.10. The van der Waals surface area contributed by atoms with Gasteiger partial charge in [0.05, 0.1) is 24.6 Å².